The Balaban J connectivity index is 1.42. The quantitative estimate of drug-likeness (QED) is 0.622. The summed E-state index contributed by atoms with van der Waals surface area (Å²) in [6, 6.07) is 12.4. The Kier molecular flexibility index (Phi) is 5.83. The smallest absolute Gasteiger partial charge is 0.254 e. The Hall–Kier alpha value is -1.72. The van der Waals surface area contributed by atoms with Crippen LogP contribution in [-0.2, 0) is 21.4 Å². The second-order valence-corrected chi connectivity index (χ2v) is 11.0. The normalized spacial score (nSPS) is 17.6. The van der Waals surface area contributed by atoms with Crippen molar-refractivity contribution in [2.45, 2.75) is 16.8 Å². The zero-order valence-corrected chi connectivity index (χ0v) is 17.9. The topological polar surface area (TPSA) is 79.4 Å². The van der Waals surface area contributed by atoms with Gasteiger partial charge in [-0.15, -0.1) is 34.4 Å². The van der Waals surface area contributed by atoms with Gasteiger partial charge in [-0.25, -0.2) is 13.4 Å². The molecular formula is C18H17N3O3S4. The van der Waals surface area contributed by atoms with Crippen LogP contribution in [0.4, 0.5) is 0 Å². The first-order chi connectivity index (χ1) is 13.6. The number of hydrogen-bond donors (Lipinski definition) is 1. The van der Waals surface area contributed by atoms with Crippen LogP contribution in [0.1, 0.15) is 5.69 Å². The highest BCUT2D eigenvalue weighted by Crippen LogP contribution is 2.30. The highest BCUT2D eigenvalue weighted by atomic mass is 32.2. The lowest BCUT2D eigenvalue weighted by Crippen LogP contribution is -2.46. The van der Waals surface area contributed by atoms with Gasteiger partial charge in [-0.05, 0) is 11.4 Å². The molecule has 0 aliphatic carbocycles. The maximum absolute atomic E-state index is 12.8. The van der Waals surface area contributed by atoms with Crippen molar-refractivity contribution in [3.8, 4) is 10.6 Å². The summed E-state index contributed by atoms with van der Waals surface area (Å²) < 4.78 is 27.1. The van der Waals surface area contributed by atoms with E-state index in [9.17, 15) is 13.2 Å². The van der Waals surface area contributed by atoms with Crippen molar-refractivity contribution >= 4 is 50.4 Å². The molecule has 1 N–H and O–H groups in total. The Morgan fingerprint density at radius 1 is 1.18 bits per heavy atom. The van der Waals surface area contributed by atoms with Crippen molar-refractivity contribution in [3.05, 3.63) is 58.9 Å². The summed E-state index contributed by atoms with van der Waals surface area (Å²) in [5.74, 6) is 0.440. The number of benzene rings is 1. The molecule has 3 heterocycles. The highest BCUT2D eigenvalue weighted by molar-refractivity contribution is 8.01. The largest absolute Gasteiger partial charge is 0.349 e. The molecule has 1 fully saturated rings. The van der Waals surface area contributed by atoms with Gasteiger partial charge in [-0.3, -0.25) is 4.79 Å². The standard InChI is InChI=1S/C18H17N3O3S4/c22-17(15-11-25-12-21(15)28(23,24)16-7-4-8-26-16)19-9-14-10-27-18(20-14)13-5-2-1-3-6-13/h1-8,10,15H,9,11-12H2,(H,19,22). The van der Waals surface area contributed by atoms with Gasteiger partial charge in [-0.1, -0.05) is 36.4 Å². The maximum Gasteiger partial charge on any atom is 0.254 e. The van der Waals surface area contributed by atoms with Gasteiger partial charge in [0.2, 0.25) is 5.91 Å². The molecule has 0 radical (unpaired) electrons. The number of thioether (sulfide) groups is 1. The molecule has 6 nitrogen and oxygen atoms in total. The van der Waals surface area contributed by atoms with Gasteiger partial charge in [0.1, 0.15) is 15.3 Å². The Morgan fingerprint density at radius 2 is 2.00 bits per heavy atom. The lowest BCUT2D eigenvalue weighted by atomic mass is 10.2. The number of thiazole rings is 1. The number of nitrogens with one attached hydrogen (secondary N) is 1. The number of sulfonamides is 1. The third kappa shape index (κ3) is 4.01. The summed E-state index contributed by atoms with van der Waals surface area (Å²) in [7, 11) is -3.65. The minimum Gasteiger partial charge on any atom is -0.349 e. The van der Waals surface area contributed by atoms with Crippen LogP contribution in [0, 0.1) is 0 Å². The van der Waals surface area contributed by atoms with Gasteiger partial charge >= 0.3 is 0 Å². The van der Waals surface area contributed by atoms with E-state index in [2.05, 4.69) is 10.3 Å². The van der Waals surface area contributed by atoms with E-state index >= 15 is 0 Å². The van der Waals surface area contributed by atoms with Crippen LogP contribution in [0.25, 0.3) is 10.6 Å². The van der Waals surface area contributed by atoms with Gasteiger partial charge in [0, 0.05) is 16.7 Å². The molecule has 0 spiro atoms. The van der Waals surface area contributed by atoms with Crippen molar-refractivity contribution in [3.63, 3.8) is 0 Å². The number of carbonyl (C=O) groups excluding carboxylic acids is 1. The molecule has 0 bridgehead atoms. The minimum absolute atomic E-state index is 0.264. The summed E-state index contributed by atoms with van der Waals surface area (Å²) in [4.78, 5) is 17.2. The van der Waals surface area contributed by atoms with Crippen molar-refractivity contribution in [2.75, 3.05) is 11.6 Å². The van der Waals surface area contributed by atoms with Crippen LogP contribution in [0.3, 0.4) is 0 Å². The first-order valence-corrected chi connectivity index (χ1v) is 12.8. The summed E-state index contributed by atoms with van der Waals surface area (Å²) in [5.41, 5.74) is 1.79. The van der Waals surface area contributed by atoms with E-state index in [1.807, 2.05) is 35.7 Å². The molecule has 10 heteroatoms. The number of thiophene rings is 1. The van der Waals surface area contributed by atoms with Crippen molar-refractivity contribution in [1.29, 1.82) is 0 Å². The fourth-order valence-electron chi connectivity index (χ4n) is 2.79. The van der Waals surface area contributed by atoms with Crippen LogP contribution >= 0.6 is 34.4 Å². The first kappa shape index (κ1) is 19.6. The van der Waals surface area contributed by atoms with E-state index < -0.39 is 16.1 Å². The van der Waals surface area contributed by atoms with Crippen LogP contribution in [0.15, 0.2) is 57.4 Å². The molecule has 28 heavy (non-hydrogen) atoms. The Labute approximate surface area is 175 Å². The van der Waals surface area contributed by atoms with Crippen molar-refractivity contribution < 1.29 is 13.2 Å². The molecule has 1 atom stereocenters. The van der Waals surface area contributed by atoms with Gasteiger partial charge < -0.3 is 5.32 Å². The van der Waals surface area contributed by atoms with Crippen LogP contribution in [0.5, 0.6) is 0 Å². The SMILES string of the molecule is O=C(NCc1csc(-c2ccccc2)n1)C1CSCN1S(=O)(=O)c1cccs1. The second-order valence-electron chi connectivity index (χ2n) is 6.07. The lowest BCUT2D eigenvalue weighted by Gasteiger charge is -2.21. The van der Waals surface area contributed by atoms with Crippen molar-refractivity contribution in [2.24, 2.45) is 0 Å². The first-order valence-electron chi connectivity index (χ1n) is 8.46. The second kappa shape index (κ2) is 8.34. The molecule has 3 aromatic rings. The number of carbonyl (C=O) groups is 1. The van der Waals surface area contributed by atoms with Crippen molar-refractivity contribution in [1.82, 2.24) is 14.6 Å². The highest BCUT2D eigenvalue weighted by Gasteiger charge is 2.40. The Bertz CT molecular complexity index is 1050. The Morgan fingerprint density at radius 3 is 2.75 bits per heavy atom. The molecule has 1 aromatic carbocycles. The van der Waals surface area contributed by atoms with E-state index in [-0.39, 0.29) is 22.5 Å². The molecule has 146 valence electrons. The molecule has 1 saturated heterocycles. The monoisotopic (exact) mass is 451 g/mol. The zero-order valence-electron chi connectivity index (χ0n) is 14.6. The van der Waals surface area contributed by atoms with Gasteiger partial charge in [0.15, 0.2) is 0 Å². The minimum atomic E-state index is -3.65. The number of hydrogen-bond acceptors (Lipinski definition) is 7. The maximum atomic E-state index is 12.8. The predicted octanol–water partition coefficient (Wildman–Crippen LogP) is 3.25. The lowest BCUT2D eigenvalue weighted by molar-refractivity contribution is -0.124. The molecule has 1 amide bonds. The van der Waals surface area contributed by atoms with Gasteiger partial charge in [-0.2, -0.15) is 4.31 Å². The van der Waals surface area contributed by atoms with E-state index in [4.69, 9.17) is 0 Å². The summed E-state index contributed by atoms with van der Waals surface area (Å²) in [5, 5.41) is 7.36. The zero-order chi connectivity index (χ0) is 19.6. The molecule has 1 unspecified atom stereocenters. The van der Waals surface area contributed by atoms with E-state index in [1.54, 1.807) is 17.5 Å². The average Bonchev–Trinajstić information content (AvgIpc) is 3.48. The van der Waals surface area contributed by atoms with E-state index in [1.165, 1.54) is 27.4 Å². The third-order valence-corrected chi connectivity index (χ3v) is 9.56. The number of amides is 1. The molecular weight excluding hydrogens is 434 g/mol. The molecule has 2 aromatic heterocycles. The predicted molar refractivity (Wildman–Crippen MR) is 114 cm³/mol. The van der Waals surface area contributed by atoms with E-state index in [0.29, 0.717) is 5.75 Å². The van der Waals surface area contributed by atoms with Crippen LogP contribution in [-0.4, -0.2) is 41.3 Å². The number of nitrogens with zero attached hydrogens (tertiary/aromatic N) is 2. The average molecular weight is 452 g/mol. The van der Waals surface area contributed by atoms with Crippen LogP contribution in [0.2, 0.25) is 0 Å². The number of aromatic nitrogens is 1. The summed E-state index contributed by atoms with van der Waals surface area (Å²) >= 11 is 4.12. The molecule has 4 rings (SSSR count). The fraction of sp³-hybridized carbons (Fsp3) is 0.222. The molecule has 0 saturated carbocycles. The van der Waals surface area contributed by atoms with Gasteiger partial charge in [0.25, 0.3) is 10.0 Å². The summed E-state index contributed by atoms with van der Waals surface area (Å²) in [6.45, 7) is 0.274. The third-order valence-electron chi connectivity index (χ3n) is 4.22. The van der Waals surface area contributed by atoms with Crippen LogP contribution < -0.4 is 5.32 Å². The van der Waals surface area contributed by atoms with Gasteiger partial charge in [0.05, 0.1) is 18.1 Å². The number of rotatable bonds is 6. The van der Waals surface area contributed by atoms with E-state index in [0.717, 1.165) is 27.6 Å². The molecule has 1 aliphatic heterocycles. The fourth-order valence-corrected chi connectivity index (χ4v) is 7.89. The summed E-state index contributed by atoms with van der Waals surface area (Å²) in [6.07, 6.45) is 0. The molecule has 1 aliphatic rings.